The minimum absolute atomic E-state index is 0.00981. The van der Waals surface area contributed by atoms with Gasteiger partial charge in [-0.15, -0.1) is 0 Å². The van der Waals surface area contributed by atoms with Crippen LogP contribution in [0.5, 0.6) is 0 Å². The Kier molecular flexibility index (Phi) is 2.74. The van der Waals surface area contributed by atoms with Gasteiger partial charge in [0, 0.05) is 6.61 Å². The van der Waals surface area contributed by atoms with Gasteiger partial charge in [0.25, 0.3) is 0 Å². The predicted octanol–water partition coefficient (Wildman–Crippen LogP) is 0.189. The number of carbonyl (C=O) groups excluding carboxylic acids is 1. The van der Waals surface area contributed by atoms with E-state index in [2.05, 4.69) is 19.2 Å². The van der Waals surface area contributed by atoms with E-state index in [0.29, 0.717) is 25.2 Å². The number of nitrogens with one attached hydrogen (secondary N) is 1. The molecule has 0 spiro atoms. The molecule has 0 aromatic rings. The second kappa shape index (κ2) is 3.87. The molecule has 2 unspecified atom stereocenters. The van der Waals surface area contributed by atoms with Gasteiger partial charge in [-0.3, -0.25) is 10.1 Å². The fourth-order valence-corrected chi connectivity index (χ4v) is 2.14. The molecule has 14 heavy (non-hydrogen) atoms. The van der Waals surface area contributed by atoms with E-state index in [1.54, 1.807) is 0 Å². The molecule has 0 radical (unpaired) electrons. The van der Waals surface area contributed by atoms with E-state index in [-0.39, 0.29) is 11.9 Å². The quantitative estimate of drug-likeness (QED) is 0.688. The van der Waals surface area contributed by atoms with Gasteiger partial charge in [0.05, 0.1) is 25.4 Å². The Morgan fingerprint density at radius 3 is 2.86 bits per heavy atom. The van der Waals surface area contributed by atoms with Crippen LogP contribution in [0.3, 0.4) is 0 Å². The van der Waals surface area contributed by atoms with E-state index in [9.17, 15) is 4.79 Å². The summed E-state index contributed by atoms with van der Waals surface area (Å²) in [5, 5.41) is 3.25. The van der Waals surface area contributed by atoms with Gasteiger partial charge in [-0.25, -0.2) is 0 Å². The molecule has 2 rings (SSSR count). The molecule has 2 aliphatic rings. The first-order chi connectivity index (χ1) is 6.70. The van der Waals surface area contributed by atoms with Crippen LogP contribution in [0, 0.1) is 5.92 Å². The summed E-state index contributed by atoms with van der Waals surface area (Å²) in [6.07, 6.45) is 0.984. The van der Waals surface area contributed by atoms with Crippen LogP contribution in [-0.4, -0.2) is 42.8 Å². The first-order valence-corrected chi connectivity index (χ1v) is 5.31. The highest BCUT2D eigenvalue weighted by molar-refractivity contribution is 5.84. The molecular formula is C10H18N2O2. The topological polar surface area (TPSA) is 41.6 Å². The molecule has 2 fully saturated rings. The van der Waals surface area contributed by atoms with Gasteiger partial charge in [-0.1, -0.05) is 13.8 Å². The lowest BCUT2D eigenvalue weighted by Gasteiger charge is -2.22. The van der Waals surface area contributed by atoms with Gasteiger partial charge in [-0.05, 0) is 12.3 Å². The number of carbonyl (C=O) groups is 1. The zero-order valence-electron chi connectivity index (χ0n) is 8.82. The van der Waals surface area contributed by atoms with Crippen molar-refractivity contribution in [2.75, 3.05) is 19.9 Å². The molecule has 80 valence electrons. The van der Waals surface area contributed by atoms with Crippen LogP contribution < -0.4 is 5.32 Å². The Morgan fingerprint density at radius 2 is 2.36 bits per heavy atom. The van der Waals surface area contributed by atoms with E-state index in [4.69, 9.17) is 4.74 Å². The number of nitrogens with zero attached hydrogens (tertiary/aromatic N) is 1. The smallest absolute Gasteiger partial charge is 0.241 e. The molecule has 4 heteroatoms. The summed E-state index contributed by atoms with van der Waals surface area (Å²) < 4.78 is 5.29. The highest BCUT2D eigenvalue weighted by Gasteiger charge is 2.38. The van der Waals surface area contributed by atoms with Gasteiger partial charge in [0.2, 0.25) is 5.91 Å². The van der Waals surface area contributed by atoms with Crippen LogP contribution >= 0.6 is 0 Å². The maximum atomic E-state index is 11.9. The summed E-state index contributed by atoms with van der Waals surface area (Å²) in [4.78, 5) is 13.9. The Bertz CT molecular complexity index is 224. The third kappa shape index (κ3) is 1.64. The van der Waals surface area contributed by atoms with Crippen molar-refractivity contribution in [3.63, 3.8) is 0 Å². The SMILES string of the molecule is CC(C)C1NCN(C2CCOC2)C1=O. The van der Waals surface area contributed by atoms with Crippen LogP contribution in [0.1, 0.15) is 20.3 Å². The van der Waals surface area contributed by atoms with Crippen molar-refractivity contribution in [1.82, 2.24) is 10.2 Å². The van der Waals surface area contributed by atoms with Crippen molar-refractivity contribution >= 4 is 5.91 Å². The van der Waals surface area contributed by atoms with Crippen molar-refractivity contribution in [1.29, 1.82) is 0 Å². The average Bonchev–Trinajstić information content (AvgIpc) is 2.71. The summed E-state index contributed by atoms with van der Waals surface area (Å²) in [6, 6.07) is 0.314. The third-order valence-electron chi connectivity index (χ3n) is 3.04. The fraction of sp³-hybridized carbons (Fsp3) is 0.900. The summed E-state index contributed by atoms with van der Waals surface area (Å²) >= 11 is 0. The van der Waals surface area contributed by atoms with Crippen molar-refractivity contribution in [2.24, 2.45) is 5.92 Å². The molecule has 0 aromatic heterocycles. The van der Waals surface area contributed by atoms with E-state index >= 15 is 0 Å². The number of hydrogen-bond acceptors (Lipinski definition) is 3. The lowest BCUT2D eigenvalue weighted by atomic mass is 10.0. The summed E-state index contributed by atoms with van der Waals surface area (Å²) in [6.45, 7) is 6.34. The normalized spacial score (nSPS) is 33.4. The zero-order valence-corrected chi connectivity index (χ0v) is 8.82. The molecular weight excluding hydrogens is 180 g/mol. The van der Waals surface area contributed by atoms with Crippen molar-refractivity contribution in [3.8, 4) is 0 Å². The maximum absolute atomic E-state index is 11.9. The van der Waals surface area contributed by atoms with Crippen molar-refractivity contribution in [2.45, 2.75) is 32.4 Å². The third-order valence-corrected chi connectivity index (χ3v) is 3.04. The summed E-state index contributed by atoms with van der Waals surface area (Å²) in [5.74, 6) is 0.616. The van der Waals surface area contributed by atoms with Crippen LogP contribution in [0.25, 0.3) is 0 Å². The number of hydrogen-bond donors (Lipinski definition) is 1. The maximum Gasteiger partial charge on any atom is 0.241 e. The van der Waals surface area contributed by atoms with Gasteiger partial charge in [0.1, 0.15) is 0 Å². The fourth-order valence-electron chi connectivity index (χ4n) is 2.14. The second-order valence-electron chi connectivity index (χ2n) is 4.41. The van der Waals surface area contributed by atoms with Crippen molar-refractivity contribution < 1.29 is 9.53 Å². The Labute approximate surface area is 84.6 Å². The largest absolute Gasteiger partial charge is 0.379 e. The van der Waals surface area contributed by atoms with Crippen LogP contribution in [0.4, 0.5) is 0 Å². The van der Waals surface area contributed by atoms with Crippen LogP contribution in [-0.2, 0) is 9.53 Å². The average molecular weight is 198 g/mol. The van der Waals surface area contributed by atoms with E-state index < -0.39 is 0 Å². The molecule has 0 aromatic carbocycles. The molecule has 2 aliphatic heterocycles. The van der Waals surface area contributed by atoms with Gasteiger partial charge in [-0.2, -0.15) is 0 Å². The Hall–Kier alpha value is -0.610. The lowest BCUT2D eigenvalue weighted by Crippen LogP contribution is -2.40. The van der Waals surface area contributed by atoms with Gasteiger partial charge in [0.15, 0.2) is 0 Å². The number of rotatable bonds is 2. The molecule has 2 saturated heterocycles. The summed E-state index contributed by atoms with van der Waals surface area (Å²) in [7, 11) is 0. The molecule has 4 nitrogen and oxygen atoms in total. The first kappa shape index (κ1) is 9.93. The van der Waals surface area contributed by atoms with Gasteiger partial charge >= 0.3 is 0 Å². The first-order valence-electron chi connectivity index (χ1n) is 5.31. The van der Waals surface area contributed by atoms with E-state index in [1.165, 1.54) is 0 Å². The second-order valence-corrected chi connectivity index (χ2v) is 4.41. The minimum atomic E-state index is 0.00981. The van der Waals surface area contributed by atoms with E-state index in [1.807, 2.05) is 4.90 Å². The Morgan fingerprint density at radius 1 is 1.57 bits per heavy atom. The molecule has 1 N–H and O–H groups in total. The molecule has 1 amide bonds. The summed E-state index contributed by atoms with van der Waals surface area (Å²) in [5.41, 5.74) is 0. The molecule has 2 heterocycles. The number of amides is 1. The van der Waals surface area contributed by atoms with Crippen LogP contribution in [0.15, 0.2) is 0 Å². The minimum Gasteiger partial charge on any atom is -0.379 e. The predicted molar refractivity (Wildman–Crippen MR) is 52.7 cm³/mol. The highest BCUT2D eigenvalue weighted by Crippen LogP contribution is 2.19. The molecule has 0 saturated carbocycles. The van der Waals surface area contributed by atoms with Crippen molar-refractivity contribution in [3.05, 3.63) is 0 Å². The standard InChI is InChI=1S/C10H18N2O2/c1-7(2)9-10(13)12(6-11-9)8-3-4-14-5-8/h7-9,11H,3-6H2,1-2H3. The van der Waals surface area contributed by atoms with Gasteiger partial charge < -0.3 is 9.64 Å². The van der Waals surface area contributed by atoms with Crippen LogP contribution in [0.2, 0.25) is 0 Å². The molecule has 2 atom stereocenters. The molecule has 0 bridgehead atoms. The monoisotopic (exact) mass is 198 g/mol. The lowest BCUT2D eigenvalue weighted by molar-refractivity contribution is -0.131. The Balaban J connectivity index is 1.99. The number of ether oxygens (including phenoxy) is 1. The zero-order chi connectivity index (χ0) is 10.1. The van der Waals surface area contributed by atoms with E-state index in [0.717, 1.165) is 13.0 Å². The highest BCUT2D eigenvalue weighted by atomic mass is 16.5. The molecule has 0 aliphatic carbocycles.